The molecule has 4 rings (SSSR count). The molecule has 8 nitrogen and oxygen atoms in total. The number of hydrogen-bond donors (Lipinski definition) is 3. The SMILES string of the molecule is CCNc1ccc(-c2cc(NC[C@@H](C)c3cccc4c(C(=O)NC)ccnc34)ncn2)cn1.S. The molecule has 1 aromatic carbocycles. The van der Waals surface area contributed by atoms with Gasteiger partial charge in [0.15, 0.2) is 0 Å². The van der Waals surface area contributed by atoms with Crippen LogP contribution in [-0.2, 0) is 0 Å². The number of aromatic nitrogens is 4. The number of carbonyl (C=O) groups is 1. The topological polar surface area (TPSA) is 105 Å². The molecule has 176 valence electrons. The van der Waals surface area contributed by atoms with E-state index in [-0.39, 0.29) is 25.3 Å². The molecule has 0 saturated heterocycles. The summed E-state index contributed by atoms with van der Waals surface area (Å²) in [6, 6.07) is 13.6. The van der Waals surface area contributed by atoms with Gasteiger partial charge in [-0.15, -0.1) is 0 Å². The number of hydrogen-bond acceptors (Lipinski definition) is 7. The van der Waals surface area contributed by atoms with Gasteiger partial charge in [-0.1, -0.05) is 25.1 Å². The number of carbonyl (C=O) groups excluding carboxylic acids is 1. The summed E-state index contributed by atoms with van der Waals surface area (Å²) < 4.78 is 0. The van der Waals surface area contributed by atoms with Crippen LogP contribution in [0.15, 0.2) is 61.2 Å². The molecule has 1 amide bonds. The fourth-order valence-corrected chi connectivity index (χ4v) is 3.74. The number of nitrogens with zero attached hydrogens (tertiary/aromatic N) is 4. The lowest BCUT2D eigenvalue weighted by atomic mass is 9.96. The minimum Gasteiger partial charge on any atom is -0.370 e. The van der Waals surface area contributed by atoms with E-state index in [1.807, 2.05) is 37.3 Å². The maximum absolute atomic E-state index is 12.2. The third kappa shape index (κ3) is 5.43. The monoisotopic (exact) mass is 475 g/mol. The van der Waals surface area contributed by atoms with Crippen LogP contribution in [0.1, 0.15) is 35.7 Å². The van der Waals surface area contributed by atoms with Gasteiger partial charge in [0.2, 0.25) is 0 Å². The Morgan fingerprint density at radius 2 is 1.85 bits per heavy atom. The van der Waals surface area contributed by atoms with Crippen molar-refractivity contribution in [3.63, 3.8) is 0 Å². The zero-order valence-corrected chi connectivity index (χ0v) is 20.5. The molecule has 0 radical (unpaired) electrons. The molecule has 0 aliphatic heterocycles. The summed E-state index contributed by atoms with van der Waals surface area (Å²) >= 11 is 0. The number of nitrogens with one attached hydrogen (secondary N) is 3. The molecule has 0 aliphatic rings. The third-order valence-electron chi connectivity index (χ3n) is 5.48. The fourth-order valence-electron chi connectivity index (χ4n) is 3.74. The quantitative estimate of drug-likeness (QED) is 0.351. The van der Waals surface area contributed by atoms with Crippen LogP contribution in [0.4, 0.5) is 11.6 Å². The molecule has 4 aromatic rings. The van der Waals surface area contributed by atoms with Gasteiger partial charge in [0.25, 0.3) is 5.91 Å². The average molecular weight is 476 g/mol. The van der Waals surface area contributed by atoms with Gasteiger partial charge in [0, 0.05) is 55.5 Å². The van der Waals surface area contributed by atoms with Crippen LogP contribution >= 0.6 is 13.5 Å². The third-order valence-corrected chi connectivity index (χ3v) is 5.48. The number of anilines is 2. The summed E-state index contributed by atoms with van der Waals surface area (Å²) in [6.45, 7) is 5.64. The van der Waals surface area contributed by atoms with E-state index < -0.39 is 0 Å². The van der Waals surface area contributed by atoms with Crippen molar-refractivity contribution in [2.75, 3.05) is 30.8 Å². The Balaban J connectivity index is 0.00000324. The Kier molecular flexibility index (Phi) is 8.37. The Hall–Kier alpha value is -3.72. The molecule has 3 heterocycles. The van der Waals surface area contributed by atoms with E-state index in [1.165, 1.54) is 0 Å². The number of pyridine rings is 2. The molecule has 34 heavy (non-hydrogen) atoms. The van der Waals surface area contributed by atoms with Gasteiger partial charge in [-0.2, -0.15) is 13.5 Å². The van der Waals surface area contributed by atoms with Crippen molar-refractivity contribution in [1.29, 1.82) is 0 Å². The highest BCUT2D eigenvalue weighted by Gasteiger charge is 2.15. The number of benzene rings is 1. The van der Waals surface area contributed by atoms with Crippen LogP contribution in [0, 0.1) is 0 Å². The highest BCUT2D eigenvalue weighted by molar-refractivity contribution is 7.59. The van der Waals surface area contributed by atoms with Crippen LogP contribution < -0.4 is 16.0 Å². The van der Waals surface area contributed by atoms with Crippen molar-refractivity contribution in [3.8, 4) is 11.3 Å². The lowest BCUT2D eigenvalue weighted by Gasteiger charge is -2.16. The van der Waals surface area contributed by atoms with E-state index in [4.69, 9.17) is 0 Å². The molecule has 0 unspecified atom stereocenters. The van der Waals surface area contributed by atoms with Crippen LogP contribution in [0.3, 0.4) is 0 Å². The Labute approximate surface area is 206 Å². The molecular weight excluding hydrogens is 446 g/mol. The van der Waals surface area contributed by atoms with E-state index in [2.05, 4.69) is 48.9 Å². The lowest BCUT2D eigenvalue weighted by molar-refractivity contribution is 0.0964. The van der Waals surface area contributed by atoms with Crippen molar-refractivity contribution in [1.82, 2.24) is 25.3 Å². The van der Waals surface area contributed by atoms with E-state index >= 15 is 0 Å². The van der Waals surface area contributed by atoms with Crippen molar-refractivity contribution >= 4 is 41.9 Å². The second-order valence-corrected chi connectivity index (χ2v) is 7.71. The van der Waals surface area contributed by atoms with Crippen molar-refractivity contribution in [2.45, 2.75) is 19.8 Å². The molecule has 0 saturated carbocycles. The highest BCUT2D eigenvalue weighted by atomic mass is 32.1. The minimum absolute atomic E-state index is 0. The Bertz CT molecular complexity index is 1260. The smallest absolute Gasteiger partial charge is 0.251 e. The molecule has 9 heteroatoms. The second kappa shape index (κ2) is 11.4. The Morgan fingerprint density at radius 1 is 1.00 bits per heavy atom. The number of fused-ring (bicyclic) bond motifs is 1. The summed E-state index contributed by atoms with van der Waals surface area (Å²) in [6.07, 6.45) is 5.04. The van der Waals surface area contributed by atoms with Crippen LogP contribution in [0.25, 0.3) is 22.2 Å². The molecule has 3 aromatic heterocycles. The first-order chi connectivity index (χ1) is 16.1. The van der Waals surface area contributed by atoms with Crippen LogP contribution in [0.5, 0.6) is 0 Å². The molecular formula is C25H29N7OS. The summed E-state index contributed by atoms with van der Waals surface area (Å²) in [5.74, 6) is 1.60. The molecule has 0 aliphatic carbocycles. The number of para-hydroxylation sites is 1. The van der Waals surface area contributed by atoms with Crippen LogP contribution in [-0.4, -0.2) is 46.0 Å². The van der Waals surface area contributed by atoms with Gasteiger partial charge in [-0.3, -0.25) is 9.78 Å². The zero-order valence-electron chi connectivity index (χ0n) is 19.5. The van der Waals surface area contributed by atoms with Gasteiger partial charge < -0.3 is 16.0 Å². The zero-order chi connectivity index (χ0) is 23.2. The summed E-state index contributed by atoms with van der Waals surface area (Å²) in [7, 11) is 1.63. The molecule has 3 N–H and O–H groups in total. The van der Waals surface area contributed by atoms with Crippen LogP contribution in [0.2, 0.25) is 0 Å². The van der Waals surface area contributed by atoms with Crippen molar-refractivity contribution < 1.29 is 4.79 Å². The first-order valence-corrected chi connectivity index (χ1v) is 11.0. The standard InChI is InChI=1S/C25H27N7O.H2S/c1-4-27-22-9-8-17(14-30-22)21-12-23(32-15-31-21)29-13-16(2)18-6-5-7-19-20(25(33)26-3)10-11-28-24(18)19;/h5-12,14-16H,4,13H2,1-3H3,(H,26,33)(H,27,30)(H,29,31,32);1H2/t16-;/m1./s1. The summed E-state index contributed by atoms with van der Waals surface area (Å²) in [4.78, 5) is 30.0. The molecule has 0 fully saturated rings. The van der Waals surface area contributed by atoms with Gasteiger partial charge in [-0.25, -0.2) is 15.0 Å². The molecule has 0 spiro atoms. The number of rotatable bonds is 8. The predicted octanol–water partition coefficient (Wildman–Crippen LogP) is 4.21. The van der Waals surface area contributed by atoms with Gasteiger partial charge in [-0.05, 0) is 30.7 Å². The molecule has 0 bridgehead atoms. The predicted molar refractivity (Wildman–Crippen MR) is 142 cm³/mol. The van der Waals surface area contributed by atoms with Gasteiger partial charge in [0.1, 0.15) is 18.0 Å². The van der Waals surface area contributed by atoms with E-state index in [1.54, 1.807) is 31.8 Å². The maximum atomic E-state index is 12.2. The normalized spacial score (nSPS) is 11.4. The Morgan fingerprint density at radius 3 is 2.59 bits per heavy atom. The highest BCUT2D eigenvalue weighted by Crippen LogP contribution is 2.27. The van der Waals surface area contributed by atoms with E-state index in [0.29, 0.717) is 12.1 Å². The largest absolute Gasteiger partial charge is 0.370 e. The second-order valence-electron chi connectivity index (χ2n) is 7.71. The first-order valence-electron chi connectivity index (χ1n) is 11.0. The van der Waals surface area contributed by atoms with Gasteiger partial charge >= 0.3 is 0 Å². The minimum atomic E-state index is -0.119. The van der Waals surface area contributed by atoms with E-state index in [0.717, 1.165) is 45.9 Å². The summed E-state index contributed by atoms with van der Waals surface area (Å²) in [5, 5.41) is 10.1. The maximum Gasteiger partial charge on any atom is 0.251 e. The molecule has 1 atom stereocenters. The van der Waals surface area contributed by atoms with Crippen molar-refractivity contribution in [3.05, 3.63) is 72.3 Å². The number of amides is 1. The van der Waals surface area contributed by atoms with Gasteiger partial charge in [0.05, 0.1) is 16.8 Å². The van der Waals surface area contributed by atoms with E-state index in [9.17, 15) is 4.79 Å². The van der Waals surface area contributed by atoms with Crippen molar-refractivity contribution in [2.24, 2.45) is 0 Å². The average Bonchev–Trinajstić information content (AvgIpc) is 2.87. The fraction of sp³-hybridized carbons (Fsp3) is 0.240. The first kappa shape index (κ1) is 24.9. The lowest BCUT2D eigenvalue weighted by Crippen LogP contribution is -2.18. The summed E-state index contributed by atoms with van der Waals surface area (Å²) in [5.41, 5.74) is 4.26.